The Morgan fingerprint density at radius 1 is 0.960 bits per heavy atom. The lowest BCUT2D eigenvalue weighted by Crippen LogP contribution is -2.36. The van der Waals surface area contributed by atoms with Gasteiger partial charge in [-0.1, -0.05) is 74.5 Å². The van der Waals surface area contributed by atoms with Crippen molar-refractivity contribution >= 4 is 5.97 Å². The zero-order chi connectivity index (χ0) is 17.7. The third-order valence-electron chi connectivity index (χ3n) is 4.56. The zero-order valence-electron chi connectivity index (χ0n) is 14.5. The Morgan fingerprint density at radius 3 is 1.96 bits per heavy atom. The molecule has 0 amide bonds. The SMILES string of the molecule is CCC(C)C(=O)OC(c1ccccc1)(c1ccccc1)c1ccoc1. The molecule has 3 rings (SSSR count). The van der Waals surface area contributed by atoms with Crippen LogP contribution in [0, 0.1) is 5.92 Å². The minimum Gasteiger partial charge on any atom is -0.472 e. The van der Waals surface area contributed by atoms with Gasteiger partial charge in [-0.05, 0) is 12.5 Å². The summed E-state index contributed by atoms with van der Waals surface area (Å²) in [6.07, 6.45) is 3.97. The molecule has 0 saturated heterocycles. The predicted octanol–water partition coefficient (Wildman–Crippen LogP) is 5.16. The molecule has 0 bridgehead atoms. The smallest absolute Gasteiger partial charge is 0.310 e. The van der Waals surface area contributed by atoms with Crippen LogP contribution >= 0.6 is 0 Å². The van der Waals surface area contributed by atoms with Crippen molar-refractivity contribution < 1.29 is 13.9 Å². The molecule has 0 aliphatic rings. The third kappa shape index (κ3) is 3.22. The van der Waals surface area contributed by atoms with E-state index in [-0.39, 0.29) is 11.9 Å². The van der Waals surface area contributed by atoms with Gasteiger partial charge >= 0.3 is 5.97 Å². The van der Waals surface area contributed by atoms with Crippen molar-refractivity contribution in [3.8, 4) is 0 Å². The fourth-order valence-electron chi connectivity index (χ4n) is 2.91. The lowest BCUT2D eigenvalue weighted by atomic mass is 9.81. The maximum absolute atomic E-state index is 12.8. The van der Waals surface area contributed by atoms with Crippen LogP contribution in [0.4, 0.5) is 0 Å². The number of hydrogen-bond donors (Lipinski definition) is 0. The third-order valence-corrected chi connectivity index (χ3v) is 4.56. The summed E-state index contributed by atoms with van der Waals surface area (Å²) < 4.78 is 11.5. The highest BCUT2D eigenvalue weighted by molar-refractivity contribution is 5.74. The van der Waals surface area contributed by atoms with Gasteiger partial charge in [0.25, 0.3) is 0 Å². The van der Waals surface area contributed by atoms with Crippen molar-refractivity contribution in [2.75, 3.05) is 0 Å². The molecule has 0 spiro atoms. The molecule has 0 radical (unpaired) electrons. The Labute approximate surface area is 148 Å². The fraction of sp³-hybridized carbons (Fsp3) is 0.227. The largest absolute Gasteiger partial charge is 0.472 e. The molecule has 0 saturated carbocycles. The van der Waals surface area contributed by atoms with Crippen molar-refractivity contribution in [1.82, 2.24) is 0 Å². The predicted molar refractivity (Wildman–Crippen MR) is 97.0 cm³/mol. The van der Waals surface area contributed by atoms with Crippen molar-refractivity contribution in [1.29, 1.82) is 0 Å². The van der Waals surface area contributed by atoms with Gasteiger partial charge in [-0.25, -0.2) is 0 Å². The summed E-state index contributed by atoms with van der Waals surface area (Å²) in [4.78, 5) is 12.8. The van der Waals surface area contributed by atoms with Gasteiger partial charge < -0.3 is 9.15 Å². The highest BCUT2D eigenvalue weighted by Crippen LogP contribution is 2.41. The standard InChI is InChI=1S/C22H22O3/c1-3-17(2)21(23)25-22(20-14-15-24-16-20,18-10-6-4-7-11-18)19-12-8-5-9-13-19/h4-17H,3H2,1-2H3. The van der Waals surface area contributed by atoms with Crippen LogP contribution in [0.1, 0.15) is 37.0 Å². The lowest BCUT2D eigenvalue weighted by molar-refractivity contribution is -0.158. The van der Waals surface area contributed by atoms with Crippen LogP contribution in [0.15, 0.2) is 83.7 Å². The molecule has 0 fully saturated rings. The first kappa shape index (κ1) is 17.0. The first-order valence-electron chi connectivity index (χ1n) is 8.55. The van der Waals surface area contributed by atoms with Crippen molar-refractivity contribution in [3.05, 3.63) is 95.9 Å². The van der Waals surface area contributed by atoms with E-state index in [4.69, 9.17) is 9.15 Å². The minimum atomic E-state index is -1.03. The number of rotatable bonds is 6. The van der Waals surface area contributed by atoms with E-state index in [0.717, 1.165) is 23.1 Å². The molecular weight excluding hydrogens is 312 g/mol. The maximum atomic E-state index is 12.8. The molecule has 128 valence electrons. The molecule has 0 N–H and O–H groups in total. The molecule has 1 atom stereocenters. The van der Waals surface area contributed by atoms with Gasteiger partial charge in [-0.3, -0.25) is 4.79 Å². The molecule has 1 aromatic heterocycles. The van der Waals surface area contributed by atoms with Gasteiger partial charge in [0.1, 0.15) is 0 Å². The Balaban J connectivity index is 2.23. The molecule has 0 aliphatic heterocycles. The van der Waals surface area contributed by atoms with Crippen LogP contribution in [-0.4, -0.2) is 5.97 Å². The van der Waals surface area contributed by atoms with Crippen molar-refractivity contribution in [2.24, 2.45) is 5.92 Å². The molecule has 3 nitrogen and oxygen atoms in total. The minimum absolute atomic E-state index is 0.182. The number of carbonyl (C=O) groups excluding carboxylic acids is 1. The maximum Gasteiger partial charge on any atom is 0.310 e. The van der Waals surface area contributed by atoms with Gasteiger partial charge in [0.05, 0.1) is 18.4 Å². The number of esters is 1. The van der Waals surface area contributed by atoms with E-state index in [2.05, 4.69) is 0 Å². The summed E-state index contributed by atoms with van der Waals surface area (Å²) in [6.45, 7) is 3.87. The highest BCUT2D eigenvalue weighted by Gasteiger charge is 2.42. The number of furan rings is 1. The first-order valence-corrected chi connectivity index (χ1v) is 8.55. The lowest BCUT2D eigenvalue weighted by Gasteiger charge is -2.34. The van der Waals surface area contributed by atoms with Crippen LogP contribution < -0.4 is 0 Å². The van der Waals surface area contributed by atoms with E-state index >= 15 is 0 Å². The highest BCUT2D eigenvalue weighted by atomic mass is 16.6. The molecule has 1 unspecified atom stereocenters. The summed E-state index contributed by atoms with van der Waals surface area (Å²) in [5.74, 6) is -0.407. The zero-order valence-corrected chi connectivity index (χ0v) is 14.5. The Kier molecular flexibility index (Phi) is 5.03. The van der Waals surface area contributed by atoms with Crippen LogP contribution in [0.25, 0.3) is 0 Å². The molecule has 25 heavy (non-hydrogen) atoms. The summed E-state index contributed by atoms with van der Waals surface area (Å²) in [5.41, 5.74) is 1.54. The second-order valence-corrected chi connectivity index (χ2v) is 6.16. The van der Waals surface area contributed by atoms with Gasteiger partial charge in [-0.2, -0.15) is 0 Å². The fourth-order valence-corrected chi connectivity index (χ4v) is 2.91. The van der Waals surface area contributed by atoms with Gasteiger partial charge in [0, 0.05) is 16.7 Å². The summed E-state index contributed by atoms with van der Waals surface area (Å²) >= 11 is 0. The Morgan fingerprint density at radius 2 is 1.52 bits per heavy atom. The van der Waals surface area contributed by atoms with E-state index < -0.39 is 5.60 Å². The summed E-state index contributed by atoms with van der Waals surface area (Å²) in [5, 5.41) is 0. The van der Waals surface area contributed by atoms with E-state index in [1.54, 1.807) is 12.5 Å². The van der Waals surface area contributed by atoms with E-state index in [1.165, 1.54) is 0 Å². The number of carbonyl (C=O) groups is 1. The quantitative estimate of drug-likeness (QED) is 0.584. The second-order valence-electron chi connectivity index (χ2n) is 6.16. The van der Waals surface area contributed by atoms with Crippen LogP contribution in [0.5, 0.6) is 0 Å². The van der Waals surface area contributed by atoms with Crippen LogP contribution in [0.2, 0.25) is 0 Å². The van der Waals surface area contributed by atoms with Crippen LogP contribution in [-0.2, 0) is 15.1 Å². The molecule has 3 aromatic rings. The van der Waals surface area contributed by atoms with Crippen molar-refractivity contribution in [2.45, 2.75) is 25.9 Å². The average Bonchev–Trinajstić information content (AvgIpc) is 3.21. The summed E-state index contributed by atoms with van der Waals surface area (Å²) in [7, 11) is 0. The molecule has 2 aromatic carbocycles. The number of ether oxygens (including phenoxy) is 1. The van der Waals surface area contributed by atoms with Crippen molar-refractivity contribution in [3.63, 3.8) is 0 Å². The van der Waals surface area contributed by atoms with E-state index in [1.807, 2.05) is 80.6 Å². The molecular formula is C22H22O3. The van der Waals surface area contributed by atoms with Gasteiger partial charge in [-0.15, -0.1) is 0 Å². The molecule has 0 aliphatic carbocycles. The molecule has 3 heteroatoms. The van der Waals surface area contributed by atoms with E-state index in [0.29, 0.717) is 0 Å². The topological polar surface area (TPSA) is 39.4 Å². The second kappa shape index (κ2) is 7.39. The van der Waals surface area contributed by atoms with Gasteiger partial charge in [0.15, 0.2) is 5.60 Å². The van der Waals surface area contributed by atoms with Gasteiger partial charge in [0.2, 0.25) is 0 Å². The first-order chi connectivity index (χ1) is 12.2. The Hall–Kier alpha value is -2.81. The molecule has 1 heterocycles. The average molecular weight is 334 g/mol. The number of hydrogen-bond acceptors (Lipinski definition) is 3. The summed E-state index contributed by atoms with van der Waals surface area (Å²) in [6, 6.07) is 21.4. The van der Waals surface area contributed by atoms with Crippen LogP contribution in [0.3, 0.4) is 0 Å². The van der Waals surface area contributed by atoms with E-state index in [9.17, 15) is 4.79 Å². The Bertz CT molecular complexity index is 752. The normalized spacial score (nSPS) is 12.6. The number of benzene rings is 2. The monoisotopic (exact) mass is 334 g/mol.